The van der Waals surface area contributed by atoms with E-state index in [-0.39, 0.29) is 5.41 Å². The average molecular weight is 276 g/mol. The summed E-state index contributed by atoms with van der Waals surface area (Å²) < 4.78 is 0. The van der Waals surface area contributed by atoms with Crippen LogP contribution >= 0.6 is 0 Å². The van der Waals surface area contributed by atoms with Crippen LogP contribution in [0.5, 0.6) is 0 Å². The van der Waals surface area contributed by atoms with Crippen LogP contribution in [0.2, 0.25) is 0 Å². The fourth-order valence-corrected chi connectivity index (χ4v) is 1.98. The average Bonchev–Trinajstić information content (AvgIpc) is 3.16. The molecule has 5 heteroatoms. The van der Waals surface area contributed by atoms with Crippen molar-refractivity contribution in [3.63, 3.8) is 0 Å². The van der Waals surface area contributed by atoms with E-state index in [1.54, 1.807) is 30.3 Å². The third-order valence-corrected chi connectivity index (χ3v) is 3.92. The van der Waals surface area contributed by atoms with Gasteiger partial charge in [-0.15, -0.1) is 0 Å². The number of aliphatic carboxylic acids is 1. The van der Waals surface area contributed by atoms with Gasteiger partial charge in [0.1, 0.15) is 0 Å². The van der Waals surface area contributed by atoms with Gasteiger partial charge in [0.2, 0.25) is 0 Å². The smallest absolute Gasteiger partial charge is 0.333 e. The van der Waals surface area contributed by atoms with Crippen molar-refractivity contribution in [2.45, 2.75) is 32.2 Å². The summed E-state index contributed by atoms with van der Waals surface area (Å²) in [6, 6.07) is 8.24. The van der Waals surface area contributed by atoms with Crippen LogP contribution < -0.4 is 10.6 Å². The highest BCUT2D eigenvalue weighted by atomic mass is 16.4. The number of amides is 2. The van der Waals surface area contributed by atoms with Gasteiger partial charge in [0.15, 0.2) is 5.54 Å². The zero-order chi connectivity index (χ0) is 14.8. The number of benzene rings is 1. The maximum Gasteiger partial charge on any atom is 0.333 e. The highest BCUT2D eigenvalue weighted by molar-refractivity contribution is 5.87. The molecule has 1 saturated carbocycles. The van der Waals surface area contributed by atoms with Crippen molar-refractivity contribution >= 4 is 12.0 Å². The Morgan fingerprint density at radius 2 is 1.90 bits per heavy atom. The Hall–Kier alpha value is -2.04. The molecule has 108 valence electrons. The molecule has 1 atom stereocenters. The first-order valence-electron chi connectivity index (χ1n) is 6.71. The van der Waals surface area contributed by atoms with Crippen molar-refractivity contribution in [3.8, 4) is 0 Å². The molecule has 2 rings (SSSR count). The quantitative estimate of drug-likeness (QED) is 0.770. The summed E-state index contributed by atoms with van der Waals surface area (Å²) in [6.07, 6.45) is 2.20. The first kappa shape index (κ1) is 14.4. The predicted octanol–water partition coefficient (Wildman–Crippen LogP) is 2.09. The van der Waals surface area contributed by atoms with Gasteiger partial charge in [-0.3, -0.25) is 0 Å². The largest absolute Gasteiger partial charge is 0.479 e. The number of urea groups is 1. The molecule has 20 heavy (non-hydrogen) atoms. The molecular weight excluding hydrogens is 256 g/mol. The third-order valence-electron chi connectivity index (χ3n) is 3.92. The fourth-order valence-electron chi connectivity index (χ4n) is 1.98. The van der Waals surface area contributed by atoms with Crippen LogP contribution in [-0.4, -0.2) is 23.7 Å². The zero-order valence-electron chi connectivity index (χ0n) is 11.8. The van der Waals surface area contributed by atoms with E-state index in [2.05, 4.69) is 17.6 Å². The van der Waals surface area contributed by atoms with E-state index in [0.29, 0.717) is 12.1 Å². The Morgan fingerprint density at radius 3 is 2.40 bits per heavy atom. The van der Waals surface area contributed by atoms with Crippen LogP contribution in [0.3, 0.4) is 0 Å². The van der Waals surface area contributed by atoms with Crippen LogP contribution in [0, 0.1) is 5.41 Å². The first-order valence-corrected chi connectivity index (χ1v) is 6.71. The van der Waals surface area contributed by atoms with Gasteiger partial charge in [-0.05, 0) is 30.7 Å². The maximum absolute atomic E-state index is 11.9. The second kappa shape index (κ2) is 5.15. The number of carbonyl (C=O) groups excluding carboxylic acids is 1. The lowest BCUT2D eigenvalue weighted by Crippen LogP contribution is -2.53. The van der Waals surface area contributed by atoms with Gasteiger partial charge >= 0.3 is 12.0 Å². The van der Waals surface area contributed by atoms with E-state index < -0.39 is 17.5 Å². The highest BCUT2D eigenvalue weighted by Crippen LogP contribution is 2.44. The van der Waals surface area contributed by atoms with Crippen molar-refractivity contribution in [1.29, 1.82) is 0 Å². The second-order valence-electron chi connectivity index (χ2n) is 5.91. The van der Waals surface area contributed by atoms with Crippen molar-refractivity contribution in [1.82, 2.24) is 10.6 Å². The molecule has 1 aliphatic carbocycles. The van der Waals surface area contributed by atoms with Gasteiger partial charge in [0.05, 0.1) is 0 Å². The molecule has 1 fully saturated rings. The molecule has 1 aromatic carbocycles. The molecule has 1 aromatic rings. The minimum Gasteiger partial charge on any atom is -0.479 e. The van der Waals surface area contributed by atoms with Gasteiger partial charge in [-0.25, -0.2) is 9.59 Å². The summed E-state index contributed by atoms with van der Waals surface area (Å²) in [6.45, 7) is 4.16. The predicted molar refractivity (Wildman–Crippen MR) is 75.3 cm³/mol. The Bertz CT molecular complexity index is 511. The lowest BCUT2D eigenvalue weighted by molar-refractivity contribution is -0.144. The van der Waals surface area contributed by atoms with E-state index in [4.69, 9.17) is 0 Å². The van der Waals surface area contributed by atoms with E-state index in [9.17, 15) is 14.7 Å². The van der Waals surface area contributed by atoms with Crippen LogP contribution in [0.25, 0.3) is 0 Å². The summed E-state index contributed by atoms with van der Waals surface area (Å²) in [5, 5.41) is 14.7. The molecule has 0 bridgehead atoms. The molecular formula is C15H20N2O3. The number of hydrogen-bond acceptors (Lipinski definition) is 2. The maximum atomic E-state index is 11.9. The molecule has 1 unspecified atom stereocenters. The molecule has 0 radical (unpaired) electrons. The van der Waals surface area contributed by atoms with Gasteiger partial charge in [-0.2, -0.15) is 0 Å². The number of carbonyl (C=O) groups is 2. The van der Waals surface area contributed by atoms with E-state index in [1.165, 1.54) is 6.92 Å². The first-order chi connectivity index (χ1) is 9.36. The second-order valence-corrected chi connectivity index (χ2v) is 5.91. The van der Waals surface area contributed by atoms with E-state index >= 15 is 0 Å². The molecule has 0 heterocycles. The van der Waals surface area contributed by atoms with Gasteiger partial charge in [0, 0.05) is 6.54 Å². The Kier molecular flexibility index (Phi) is 3.70. The molecule has 0 spiro atoms. The Balaban J connectivity index is 2.05. The molecule has 1 aliphatic rings. The third kappa shape index (κ3) is 3.10. The topological polar surface area (TPSA) is 78.4 Å². The summed E-state index contributed by atoms with van der Waals surface area (Å²) in [7, 11) is 0. The number of hydrogen-bond donors (Lipinski definition) is 3. The van der Waals surface area contributed by atoms with Crippen molar-refractivity contribution in [2.24, 2.45) is 5.41 Å². The minimum absolute atomic E-state index is 0.184. The lowest BCUT2D eigenvalue weighted by Gasteiger charge is -2.27. The van der Waals surface area contributed by atoms with Crippen molar-refractivity contribution in [2.75, 3.05) is 6.54 Å². The number of carboxylic acid groups (broad SMARTS) is 1. The number of carboxylic acids is 1. The Morgan fingerprint density at radius 1 is 1.30 bits per heavy atom. The zero-order valence-corrected chi connectivity index (χ0v) is 11.8. The number of nitrogens with one attached hydrogen (secondary N) is 2. The lowest BCUT2D eigenvalue weighted by atomic mass is 9.92. The summed E-state index contributed by atoms with van der Waals surface area (Å²) >= 11 is 0. The van der Waals surface area contributed by atoms with Crippen molar-refractivity contribution in [3.05, 3.63) is 35.9 Å². The van der Waals surface area contributed by atoms with E-state index in [0.717, 1.165) is 12.8 Å². The van der Waals surface area contributed by atoms with Crippen LogP contribution in [0.1, 0.15) is 32.3 Å². The standard InChI is InChI=1S/C15H20N2O3/c1-14(8-9-14)10-16-13(20)17-15(2,12(18)19)11-6-4-3-5-7-11/h3-7H,8-10H2,1-2H3,(H,18,19)(H2,16,17,20). The molecule has 2 amide bonds. The normalized spacial score (nSPS) is 18.7. The molecule has 3 N–H and O–H groups in total. The summed E-state index contributed by atoms with van der Waals surface area (Å²) in [4.78, 5) is 23.5. The van der Waals surface area contributed by atoms with Gasteiger partial charge in [-0.1, -0.05) is 37.3 Å². The Labute approximate surface area is 118 Å². The minimum atomic E-state index is -1.43. The van der Waals surface area contributed by atoms with Crippen LogP contribution in [0.15, 0.2) is 30.3 Å². The van der Waals surface area contributed by atoms with E-state index in [1.807, 2.05) is 0 Å². The fraction of sp³-hybridized carbons (Fsp3) is 0.467. The summed E-state index contributed by atoms with van der Waals surface area (Å²) in [5.74, 6) is -1.09. The van der Waals surface area contributed by atoms with Crippen molar-refractivity contribution < 1.29 is 14.7 Å². The SMILES string of the molecule is CC1(CNC(=O)NC(C)(C(=O)O)c2ccccc2)CC1. The molecule has 0 aliphatic heterocycles. The van der Waals surface area contributed by atoms with Gasteiger partial charge < -0.3 is 15.7 Å². The molecule has 0 aromatic heterocycles. The van der Waals surface area contributed by atoms with Crippen LogP contribution in [0.4, 0.5) is 4.79 Å². The van der Waals surface area contributed by atoms with Gasteiger partial charge in [0.25, 0.3) is 0 Å². The molecule has 5 nitrogen and oxygen atoms in total. The monoisotopic (exact) mass is 276 g/mol. The molecule has 0 saturated heterocycles. The highest BCUT2D eigenvalue weighted by Gasteiger charge is 2.39. The van der Waals surface area contributed by atoms with Crippen LogP contribution in [-0.2, 0) is 10.3 Å². The number of rotatable bonds is 5. The summed E-state index contributed by atoms with van der Waals surface area (Å²) in [5.41, 5.74) is -0.709.